The van der Waals surface area contributed by atoms with Gasteiger partial charge in [0.15, 0.2) is 0 Å². The highest BCUT2D eigenvalue weighted by Gasteiger charge is 2.36. The Hall–Kier alpha value is -2.82. The Kier molecular flexibility index (Phi) is 3.23. The molecule has 1 heterocycles. The lowest BCUT2D eigenvalue weighted by atomic mass is 9.82. The second-order valence-electron chi connectivity index (χ2n) is 8.37. The zero-order valence-electron chi connectivity index (χ0n) is 16.1. The molecule has 0 spiro atoms. The molecule has 1 heteroatoms. The van der Waals surface area contributed by atoms with Gasteiger partial charge in [-0.2, -0.15) is 0 Å². The van der Waals surface area contributed by atoms with Crippen LogP contribution in [0.2, 0.25) is 0 Å². The number of hydrogen-bond acceptors (Lipinski definition) is 0. The van der Waals surface area contributed by atoms with Crippen molar-refractivity contribution < 1.29 is 0 Å². The van der Waals surface area contributed by atoms with Gasteiger partial charge in [0.05, 0.1) is 0 Å². The van der Waals surface area contributed by atoms with Gasteiger partial charge in [-0.3, -0.25) is 0 Å². The molecule has 0 aliphatic heterocycles. The van der Waals surface area contributed by atoms with E-state index in [9.17, 15) is 0 Å². The molecule has 1 aliphatic carbocycles. The Morgan fingerprint density at radius 3 is 2.18 bits per heavy atom. The molecule has 0 amide bonds. The first-order chi connectivity index (χ1) is 13.6. The smallest absolute Gasteiger partial charge is 0.0159 e. The van der Waals surface area contributed by atoms with Crippen LogP contribution in [-0.4, -0.2) is 0 Å². The predicted octanol–water partition coefficient (Wildman–Crippen LogP) is 8.00. The van der Waals surface area contributed by atoms with Crippen LogP contribution in [0.5, 0.6) is 0 Å². The SMILES string of the molecule is CC1(C)c2ccc(-c3ccccc3)cc2-c2cc3[pH]c4ccccc4c3cc21. The Labute approximate surface area is 166 Å². The molecule has 5 aromatic rings. The van der Waals surface area contributed by atoms with Crippen LogP contribution in [0.3, 0.4) is 0 Å². The second kappa shape index (κ2) is 5.60. The van der Waals surface area contributed by atoms with Gasteiger partial charge in [0, 0.05) is 10.5 Å². The van der Waals surface area contributed by atoms with Gasteiger partial charge in [-0.15, -0.1) is 8.19 Å². The Bertz CT molecular complexity index is 1370. The molecule has 6 rings (SSSR count). The maximum atomic E-state index is 2.48. The highest BCUT2D eigenvalue weighted by atomic mass is 31.0. The quantitative estimate of drug-likeness (QED) is 0.278. The molecule has 1 unspecified atom stereocenters. The number of fused-ring (bicyclic) bond motifs is 6. The van der Waals surface area contributed by atoms with Gasteiger partial charge in [0.1, 0.15) is 0 Å². The van der Waals surface area contributed by atoms with Gasteiger partial charge in [-0.05, 0) is 67.5 Å². The van der Waals surface area contributed by atoms with Crippen LogP contribution >= 0.6 is 8.19 Å². The third-order valence-corrected chi connectivity index (χ3v) is 7.80. The van der Waals surface area contributed by atoms with E-state index in [2.05, 4.69) is 98.8 Å². The first-order valence-electron chi connectivity index (χ1n) is 9.88. The summed E-state index contributed by atoms with van der Waals surface area (Å²) in [4.78, 5) is 0. The van der Waals surface area contributed by atoms with Gasteiger partial charge in [0.25, 0.3) is 0 Å². The van der Waals surface area contributed by atoms with Crippen molar-refractivity contribution >= 4 is 29.2 Å². The van der Waals surface area contributed by atoms with E-state index in [1.54, 1.807) is 0 Å². The van der Waals surface area contributed by atoms with Crippen molar-refractivity contribution in [3.63, 3.8) is 0 Å². The molecule has 0 radical (unpaired) electrons. The van der Waals surface area contributed by atoms with Gasteiger partial charge in [-0.25, -0.2) is 0 Å². The number of hydrogen-bond donors (Lipinski definition) is 0. The van der Waals surface area contributed by atoms with Crippen LogP contribution in [0, 0.1) is 0 Å². The van der Waals surface area contributed by atoms with Gasteiger partial charge < -0.3 is 0 Å². The largest absolute Gasteiger partial charge is 0.123 e. The van der Waals surface area contributed by atoms with E-state index < -0.39 is 0 Å². The lowest BCUT2D eigenvalue weighted by molar-refractivity contribution is 0.661. The van der Waals surface area contributed by atoms with Crippen molar-refractivity contribution in [3.05, 3.63) is 96.1 Å². The molecule has 1 aromatic heterocycles. The Morgan fingerprint density at radius 1 is 0.571 bits per heavy atom. The average molecular weight is 376 g/mol. The minimum absolute atomic E-state index is 0.0373. The molecular formula is C27H21P. The average Bonchev–Trinajstić information content (AvgIpc) is 3.20. The predicted molar refractivity (Wildman–Crippen MR) is 124 cm³/mol. The van der Waals surface area contributed by atoms with Crippen LogP contribution in [0.25, 0.3) is 43.3 Å². The molecule has 1 aliphatic rings. The van der Waals surface area contributed by atoms with Gasteiger partial charge in [-0.1, -0.05) is 80.6 Å². The summed E-state index contributed by atoms with van der Waals surface area (Å²) < 4.78 is 0. The summed E-state index contributed by atoms with van der Waals surface area (Å²) in [6.45, 7) is 4.74. The molecule has 134 valence electrons. The second-order valence-corrected chi connectivity index (χ2v) is 9.69. The first kappa shape index (κ1) is 16.2. The fourth-order valence-electron chi connectivity index (χ4n) is 4.91. The Balaban J connectivity index is 1.65. The van der Waals surface area contributed by atoms with Crippen molar-refractivity contribution in [3.8, 4) is 22.3 Å². The topological polar surface area (TPSA) is 0 Å². The van der Waals surface area contributed by atoms with Crippen LogP contribution in [0.4, 0.5) is 0 Å². The molecule has 4 aromatic carbocycles. The summed E-state index contributed by atoms with van der Waals surface area (Å²) in [6, 6.07) is 31.6. The first-order valence-corrected chi connectivity index (χ1v) is 10.9. The van der Waals surface area contributed by atoms with Crippen molar-refractivity contribution in [2.75, 3.05) is 0 Å². The minimum Gasteiger partial charge on any atom is -0.123 e. The lowest BCUT2D eigenvalue weighted by Crippen LogP contribution is -2.14. The van der Waals surface area contributed by atoms with Gasteiger partial charge >= 0.3 is 0 Å². The highest BCUT2D eigenvalue weighted by Crippen LogP contribution is 2.52. The summed E-state index contributed by atoms with van der Waals surface area (Å²) in [6.07, 6.45) is 0. The summed E-state index contributed by atoms with van der Waals surface area (Å²) in [5.41, 5.74) is 8.37. The molecule has 0 saturated carbocycles. The number of benzene rings is 4. The van der Waals surface area contributed by atoms with Crippen molar-refractivity contribution in [1.82, 2.24) is 0 Å². The van der Waals surface area contributed by atoms with E-state index >= 15 is 0 Å². The van der Waals surface area contributed by atoms with E-state index in [1.807, 2.05) is 0 Å². The maximum absolute atomic E-state index is 2.48. The minimum atomic E-state index is 0.0373. The fraction of sp³-hybridized carbons (Fsp3) is 0.111. The van der Waals surface area contributed by atoms with Crippen molar-refractivity contribution in [2.45, 2.75) is 19.3 Å². The standard InChI is InChI=1S/C27H21P/c1-27(2)23-13-12-18(17-8-4-3-5-9-17)14-20(23)21-16-26-22(15-24(21)27)19-10-6-7-11-25(19)28-26/h3-16,28H,1-2H3. The zero-order chi connectivity index (χ0) is 18.9. The third kappa shape index (κ3) is 2.13. The normalized spacial score (nSPS) is 14.6. The van der Waals surface area contributed by atoms with Crippen LogP contribution in [0.15, 0.2) is 84.9 Å². The number of rotatable bonds is 1. The van der Waals surface area contributed by atoms with Crippen molar-refractivity contribution in [2.24, 2.45) is 0 Å². The van der Waals surface area contributed by atoms with Gasteiger partial charge in [0.2, 0.25) is 0 Å². The molecule has 0 nitrogen and oxygen atoms in total. The lowest BCUT2D eigenvalue weighted by Gasteiger charge is -2.21. The maximum Gasteiger partial charge on any atom is 0.0159 e. The van der Waals surface area contributed by atoms with Crippen LogP contribution < -0.4 is 0 Å². The van der Waals surface area contributed by atoms with E-state index in [1.165, 1.54) is 54.4 Å². The van der Waals surface area contributed by atoms with E-state index in [0.29, 0.717) is 0 Å². The van der Waals surface area contributed by atoms with E-state index in [4.69, 9.17) is 0 Å². The highest BCUT2D eigenvalue weighted by molar-refractivity contribution is 7.43. The van der Waals surface area contributed by atoms with E-state index in [0.717, 1.165) is 8.19 Å². The fourth-order valence-corrected chi connectivity index (χ4v) is 6.29. The molecule has 0 saturated heterocycles. The summed E-state index contributed by atoms with van der Waals surface area (Å²) in [5.74, 6) is 0. The third-order valence-electron chi connectivity index (χ3n) is 6.41. The molecule has 28 heavy (non-hydrogen) atoms. The zero-order valence-corrected chi connectivity index (χ0v) is 17.1. The Morgan fingerprint density at radius 2 is 1.32 bits per heavy atom. The van der Waals surface area contributed by atoms with E-state index in [-0.39, 0.29) is 5.41 Å². The molecule has 0 N–H and O–H groups in total. The summed E-state index contributed by atoms with van der Waals surface area (Å²) in [7, 11) is 0.764. The van der Waals surface area contributed by atoms with Crippen LogP contribution in [0.1, 0.15) is 25.0 Å². The summed E-state index contributed by atoms with van der Waals surface area (Å²) >= 11 is 0. The summed E-state index contributed by atoms with van der Waals surface area (Å²) in [5, 5.41) is 5.85. The molecule has 0 bridgehead atoms. The molecule has 0 fully saturated rings. The monoisotopic (exact) mass is 376 g/mol. The molecular weight excluding hydrogens is 355 g/mol. The van der Waals surface area contributed by atoms with Crippen molar-refractivity contribution in [1.29, 1.82) is 0 Å². The molecule has 1 atom stereocenters. The van der Waals surface area contributed by atoms with Crippen LogP contribution in [-0.2, 0) is 5.41 Å².